The third kappa shape index (κ3) is 2.61. The van der Waals surface area contributed by atoms with E-state index in [0.29, 0.717) is 0 Å². The first-order valence-electron chi connectivity index (χ1n) is 6.36. The van der Waals surface area contributed by atoms with Crippen LogP contribution in [0.25, 0.3) is 0 Å². The van der Waals surface area contributed by atoms with Crippen LogP contribution in [0.4, 0.5) is 0 Å². The van der Waals surface area contributed by atoms with Gasteiger partial charge in [-0.25, -0.2) is 0 Å². The van der Waals surface area contributed by atoms with E-state index in [1.54, 1.807) is 11.3 Å². The SMILES string of the molecule is CN1CCC(c2ccc(Cl)cc2)c2cc(I)sc2C1=O. The Labute approximate surface area is 140 Å². The smallest absolute Gasteiger partial charge is 0.264 e. The lowest BCUT2D eigenvalue weighted by atomic mass is 9.89. The van der Waals surface area contributed by atoms with Gasteiger partial charge in [0, 0.05) is 24.5 Å². The van der Waals surface area contributed by atoms with Crippen LogP contribution in [-0.2, 0) is 0 Å². The number of carbonyl (C=O) groups excluding carboxylic acids is 1. The van der Waals surface area contributed by atoms with Crippen molar-refractivity contribution in [3.8, 4) is 0 Å². The molecule has 1 atom stereocenters. The maximum atomic E-state index is 12.4. The lowest BCUT2D eigenvalue weighted by Gasteiger charge is -2.16. The molecule has 3 rings (SSSR count). The van der Waals surface area contributed by atoms with Crippen molar-refractivity contribution in [2.24, 2.45) is 0 Å². The van der Waals surface area contributed by atoms with Gasteiger partial charge in [0.1, 0.15) is 0 Å². The third-order valence-corrected chi connectivity index (χ3v) is 5.82. The van der Waals surface area contributed by atoms with Crippen LogP contribution in [0, 0.1) is 2.88 Å². The van der Waals surface area contributed by atoms with Crippen molar-refractivity contribution in [2.45, 2.75) is 12.3 Å². The monoisotopic (exact) mass is 417 g/mol. The van der Waals surface area contributed by atoms with E-state index < -0.39 is 0 Å². The summed E-state index contributed by atoms with van der Waals surface area (Å²) in [5, 5.41) is 0.746. The second kappa shape index (κ2) is 5.66. The first-order chi connectivity index (χ1) is 9.56. The molecule has 0 radical (unpaired) electrons. The topological polar surface area (TPSA) is 20.3 Å². The molecule has 1 amide bonds. The van der Waals surface area contributed by atoms with Gasteiger partial charge >= 0.3 is 0 Å². The van der Waals surface area contributed by atoms with Crippen LogP contribution < -0.4 is 0 Å². The van der Waals surface area contributed by atoms with E-state index in [4.69, 9.17) is 11.6 Å². The molecule has 2 nitrogen and oxygen atoms in total. The van der Waals surface area contributed by atoms with Gasteiger partial charge in [0.25, 0.3) is 5.91 Å². The van der Waals surface area contributed by atoms with Crippen molar-refractivity contribution in [3.05, 3.63) is 54.2 Å². The van der Waals surface area contributed by atoms with E-state index in [1.165, 1.54) is 5.56 Å². The van der Waals surface area contributed by atoms with E-state index in [-0.39, 0.29) is 11.8 Å². The molecule has 0 bridgehead atoms. The highest BCUT2D eigenvalue weighted by Crippen LogP contribution is 2.38. The highest BCUT2D eigenvalue weighted by atomic mass is 127. The summed E-state index contributed by atoms with van der Waals surface area (Å²) in [6.07, 6.45) is 0.948. The number of amides is 1. The minimum atomic E-state index is 0.143. The normalized spacial score (nSPS) is 18.9. The number of thiophene rings is 1. The van der Waals surface area contributed by atoms with Crippen LogP contribution in [0.15, 0.2) is 30.3 Å². The van der Waals surface area contributed by atoms with E-state index in [9.17, 15) is 4.79 Å². The molecule has 1 aromatic heterocycles. The highest BCUT2D eigenvalue weighted by Gasteiger charge is 2.29. The Morgan fingerprint density at radius 2 is 2.05 bits per heavy atom. The standard InChI is InChI=1S/C15H13ClINOS/c1-18-7-6-11(9-2-4-10(16)5-3-9)12-8-13(17)20-14(12)15(18)19/h2-5,8,11H,6-7H2,1H3. The number of rotatable bonds is 1. The average molecular weight is 418 g/mol. The van der Waals surface area contributed by atoms with Crippen LogP contribution in [0.5, 0.6) is 0 Å². The van der Waals surface area contributed by atoms with Crippen molar-refractivity contribution < 1.29 is 4.79 Å². The fraction of sp³-hybridized carbons (Fsp3) is 0.267. The Kier molecular flexibility index (Phi) is 4.06. The van der Waals surface area contributed by atoms with Gasteiger partial charge in [0.15, 0.2) is 0 Å². The first-order valence-corrected chi connectivity index (χ1v) is 8.63. The summed E-state index contributed by atoms with van der Waals surface area (Å²) in [6, 6.07) is 10.1. The molecule has 0 fully saturated rings. The summed E-state index contributed by atoms with van der Waals surface area (Å²) >= 11 is 9.85. The van der Waals surface area contributed by atoms with Gasteiger partial charge in [-0.05, 0) is 58.3 Å². The number of halogens is 2. The Bertz CT molecular complexity index is 652. The van der Waals surface area contributed by atoms with Crippen LogP contribution in [0.1, 0.15) is 33.1 Å². The zero-order valence-electron chi connectivity index (χ0n) is 10.9. The van der Waals surface area contributed by atoms with Crippen molar-refractivity contribution >= 4 is 51.4 Å². The molecule has 0 saturated heterocycles. The molecule has 2 aromatic rings. The minimum Gasteiger partial charge on any atom is -0.341 e. The van der Waals surface area contributed by atoms with Gasteiger partial charge in [-0.3, -0.25) is 4.79 Å². The molecule has 1 aromatic carbocycles. The molecule has 0 N–H and O–H groups in total. The molecule has 0 spiro atoms. The molecule has 2 heterocycles. The van der Waals surface area contributed by atoms with Gasteiger partial charge in [0.2, 0.25) is 0 Å². The van der Waals surface area contributed by atoms with Crippen LogP contribution in [0.3, 0.4) is 0 Å². The van der Waals surface area contributed by atoms with Gasteiger partial charge in [0.05, 0.1) is 7.76 Å². The van der Waals surface area contributed by atoms with Crippen LogP contribution in [0.2, 0.25) is 5.02 Å². The zero-order valence-corrected chi connectivity index (χ0v) is 14.6. The molecular formula is C15H13ClINOS. The summed E-state index contributed by atoms with van der Waals surface area (Å²) in [4.78, 5) is 15.1. The average Bonchev–Trinajstić information content (AvgIpc) is 2.77. The fourth-order valence-corrected chi connectivity index (χ4v) is 4.66. The van der Waals surface area contributed by atoms with Crippen LogP contribution in [-0.4, -0.2) is 24.4 Å². The highest BCUT2D eigenvalue weighted by molar-refractivity contribution is 14.1. The maximum absolute atomic E-state index is 12.4. The zero-order chi connectivity index (χ0) is 14.3. The first kappa shape index (κ1) is 14.4. The lowest BCUT2D eigenvalue weighted by molar-refractivity contribution is 0.0804. The number of nitrogens with zero attached hydrogens (tertiary/aromatic N) is 1. The van der Waals surface area contributed by atoms with Gasteiger partial charge in [-0.15, -0.1) is 11.3 Å². The number of hydrogen-bond donors (Lipinski definition) is 0. The summed E-state index contributed by atoms with van der Waals surface area (Å²) in [7, 11) is 1.88. The Morgan fingerprint density at radius 1 is 1.35 bits per heavy atom. The molecule has 0 saturated carbocycles. The Balaban J connectivity index is 2.09. The molecule has 20 heavy (non-hydrogen) atoms. The number of fused-ring (bicyclic) bond motifs is 1. The van der Waals surface area contributed by atoms with E-state index in [1.807, 2.05) is 24.1 Å². The summed E-state index contributed by atoms with van der Waals surface area (Å²) < 4.78 is 1.16. The molecule has 104 valence electrons. The second-order valence-corrected chi connectivity index (χ2v) is 8.34. The largest absolute Gasteiger partial charge is 0.341 e. The Hall–Kier alpha value is -0.590. The Morgan fingerprint density at radius 3 is 2.75 bits per heavy atom. The van der Waals surface area contributed by atoms with Crippen molar-refractivity contribution in [1.29, 1.82) is 0 Å². The quantitative estimate of drug-likeness (QED) is 0.620. The lowest BCUT2D eigenvalue weighted by Crippen LogP contribution is -2.25. The van der Waals surface area contributed by atoms with Gasteiger partial charge in [-0.2, -0.15) is 0 Å². The predicted octanol–water partition coefficient (Wildman–Crippen LogP) is 4.61. The van der Waals surface area contributed by atoms with E-state index >= 15 is 0 Å². The summed E-state index contributed by atoms with van der Waals surface area (Å²) in [5.74, 6) is 0.417. The molecule has 5 heteroatoms. The van der Waals surface area contributed by atoms with E-state index in [0.717, 1.165) is 31.3 Å². The van der Waals surface area contributed by atoms with Crippen molar-refractivity contribution in [3.63, 3.8) is 0 Å². The van der Waals surface area contributed by atoms with Crippen LogP contribution >= 0.6 is 45.5 Å². The predicted molar refractivity (Wildman–Crippen MR) is 91.9 cm³/mol. The number of benzene rings is 1. The molecular weight excluding hydrogens is 405 g/mol. The minimum absolute atomic E-state index is 0.143. The number of hydrogen-bond acceptors (Lipinski definition) is 2. The second-order valence-electron chi connectivity index (χ2n) is 4.95. The number of carbonyl (C=O) groups is 1. The van der Waals surface area contributed by atoms with E-state index in [2.05, 4.69) is 40.8 Å². The van der Waals surface area contributed by atoms with Gasteiger partial charge in [-0.1, -0.05) is 23.7 Å². The maximum Gasteiger partial charge on any atom is 0.264 e. The van der Waals surface area contributed by atoms with Crippen molar-refractivity contribution in [1.82, 2.24) is 4.90 Å². The third-order valence-electron chi connectivity index (χ3n) is 3.67. The molecule has 0 aliphatic carbocycles. The molecule has 1 unspecified atom stereocenters. The van der Waals surface area contributed by atoms with Gasteiger partial charge < -0.3 is 4.90 Å². The summed E-state index contributed by atoms with van der Waals surface area (Å²) in [5.41, 5.74) is 2.39. The molecule has 1 aliphatic rings. The van der Waals surface area contributed by atoms with Crippen molar-refractivity contribution in [2.75, 3.05) is 13.6 Å². The summed E-state index contributed by atoms with van der Waals surface area (Å²) in [6.45, 7) is 0.782. The molecule has 1 aliphatic heterocycles. The fourth-order valence-electron chi connectivity index (χ4n) is 2.59.